The number of hydrogen-bond donors (Lipinski definition) is 3. The van der Waals surface area contributed by atoms with Gasteiger partial charge in [-0.15, -0.1) is 0 Å². The molecule has 1 fully saturated rings. The lowest BCUT2D eigenvalue weighted by atomic mass is 9.79. The van der Waals surface area contributed by atoms with Crippen molar-refractivity contribution in [2.75, 3.05) is 0 Å². The van der Waals surface area contributed by atoms with E-state index in [-0.39, 0.29) is 17.5 Å². The van der Waals surface area contributed by atoms with Crippen molar-refractivity contribution in [3.8, 4) is 0 Å². The summed E-state index contributed by atoms with van der Waals surface area (Å²) in [5.41, 5.74) is -0.149. The molecule has 1 saturated carbocycles. The first-order valence-corrected chi connectivity index (χ1v) is 5.65. The van der Waals surface area contributed by atoms with E-state index in [1.54, 1.807) is 13.8 Å². The van der Waals surface area contributed by atoms with E-state index in [9.17, 15) is 9.59 Å². The van der Waals surface area contributed by atoms with Gasteiger partial charge in [-0.2, -0.15) is 0 Å². The van der Waals surface area contributed by atoms with Crippen molar-refractivity contribution in [2.24, 2.45) is 5.92 Å². The van der Waals surface area contributed by atoms with Crippen LogP contribution in [0.5, 0.6) is 0 Å². The van der Waals surface area contributed by atoms with Crippen molar-refractivity contribution in [2.45, 2.75) is 51.6 Å². The Balaban J connectivity index is 2.45. The number of carbonyl (C=O) groups is 2. The highest BCUT2D eigenvalue weighted by Crippen LogP contribution is 2.30. The molecule has 92 valence electrons. The normalized spacial score (nSPS) is 19.8. The molecule has 5 heteroatoms. The van der Waals surface area contributed by atoms with Crippen molar-refractivity contribution in [1.29, 1.82) is 0 Å². The van der Waals surface area contributed by atoms with E-state index in [1.807, 2.05) is 6.92 Å². The molecule has 0 aromatic rings. The average molecular weight is 228 g/mol. The Morgan fingerprint density at radius 2 is 1.88 bits per heavy atom. The Bertz CT molecular complexity index is 285. The number of carboxylic acids is 1. The van der Waals surface area contributed by atoms with Crippen molar-refractivity contribution in [3.63, 3.8) is 0 Å². The summed E-state index contributed by atoms with van der Waals surface area (Å²) in [4.78, 5) is 22.5. The predicted octanol–water partition coefficient (Wildman–Crippen LogP) is 1.34. The third-order valence-electron chi connectivity index (χ3n) is 3.09. The van der Waals surface area contributed by atoms with E-state index in [2.05, 4.69) is 10.6 Å². The Hall–Kier alpha value is -1.26. The van der Waals surface area contributed by atoms with Gasteiger partial charge in [0.05, 0.1) is 0 Å². The van der Waals surface area contributed by atoms with E-state index >= 15 is 0 Å². The van der Waals surface area contributed by atoms with E-state index in [4.69, 9.17) is 5.11 Å². The number of carbonyl (C=O) groups excluding carboxylic acids is 1. The second kappa shape index (κ2) is 4.72. The molecule has 2 amide bonds. The molecule has 3 N–H and O–H groups in total. The summed E-state index contributed by atoms with van der Waals surface area (Å²) in [5, 5.41) is 14.2. The Morgan fingerprint density at radius 1 is 1.31 bits per heavy atom. The van der Waals surface area contributed by atoms with Crippen LogP contribution >= 0.6 is 0 Å². The van der Waals surface area contributed by atoms with Crippen LogP contribution in [-0.4, -0.2) is 28.7 Å². The monoisotopic (exact) mass is 228 g/mol. The summed E-state index contributed by atoms with van der Waals surface area (Å²) in [6, 6.07) is -1.22. The molecule has 16 heavy (non-hydrogen) atoms. The van der Waals surface area contributed by atoms with Crippen LogP contribution in [0, 0.1) is 5.92 Å². The minimum atomic E-state index is -0.996. The molecule has 0 aliphatic heterocycles. The number of aliphatic carboxylic acids is 1. The van der Waals surface area contributed by atoms with Crippen LogP contribution in [0.25, 0.3) is 0 Å². The molecule has 1 aliphatic carbocycles. The SMILES string of the molecule is CC(C)C(NC(=O)NC1(C)CCC1)C(=O)O. The zero-order valence-electron chi connectivity index (χ0n) is 10.0. The van der Waals surface area contributed by atoms with Gasteiger partial charge in [0.25, 0.3) is 0 Å². The summed E-state index contributed by atoms with van der Waals surface area (Å²) in [5.74, 6) is -1.12. The van der Waals surface area contributed by atoms with E-state index in [1.165, 1.54) is 0 Å². The third-order valence-corrected chi connectivity index (χ3v) is 3.09. The van der Waals surface area contributed by atoms with Gasteiger partial charge in [-0.1, -0.05) is 13.8 Å². The summed E-state index contributed by atoms with van der Waals surface area (Å²) in [6.45, 7) is 5.51. The van der Waals surface area contributed by atoms with Crippen LogP contribution in [0.3, 0.4) is 0 Å². The number of hydrogen-bond acceptors (Lipinski definition) is 2. The highest BCUT2D eigenvalue weighted by Gasteiger charge is 2.34. The molecule has 0 aromatic carbocycles. The summed E-state index contributed by atoms with van der Waals surface area (Å²) < 4.78 is 0. The molecule has 0 aromatic heterocycles. The zero-order chi connectivity index (χ0) is 12.3. The number of rotatable bonds is 4. The van der Waals surface area contributed by atoms with Gasteiger partial charge in [-0.25, -0.2) is 9.59 Å². The Morgan fingerprint density at radius 3 is 2.19 bits per heavy atom. The maximum absolute atomic E-state index is 11.6. The number of carboxylic acid groups (broad SMARTS) is 1. The maximum atomic E-state index is 11.6. The fraction of sp³-hybridized carbons (Fsp3) is 0.818. The molecule has 0 heterocycles. The predicted molar refractivity (Wildman–Crippen MR) is 60.2 cm³/mol. The van der Waals surface area contributed by atoms with Gasteiger partial charge in [0, 0.05) is 5.54 Å². The number of urea groups is 1. The Kier molecular flexibility index (Phi) is 3.78. The van der Waals surface area contributed by atoms with E-state index < -0.39 is 12.0 Å². The molecule has 0 bridgehead atoms. The zero-order valence-corrected chi connectivity index (χ0v) is 10.0. The van der Waals surface area contributed by atoms with Crippen molar-refractivity contribution in [3.05, 3.63) is 0 Å². The summed E-state index contributed by atoms with van der Waals surface area (Å²) in [7, 11) is 0. The molecule has 1 unspecified atom stereocenters. The smallest absolute Gasteiger partial charge is 0.326 e. The van der Waals surface area contributed by atoms with Gasteiger partial charge >= 0.3 is 12.0 Å². The van der Waals surface area contributed by atoms with Crippen LogP contribution in [0.15, 0.2) is 0 Å². The first-order chi connectivity index (χ1) is 7.34. The van der Waals surface area contributed by atoms with E-state index in [0.29, 0.717) is 0 Å². The largest absolute Gasteiger partial charge is 0.480 e. The summed E-state index contributed by atoms with van der Waals surface area (Å²) >= 11 is 0. The fourth-order valence-electron chi connectivity index (χ4n) is 1.80. The van der Waals surface area contributed by atoms with Crippen LogP contribution in [0.2, 0.25) is 0 Å². The topological polar surface area (TPSA) is 78.4 Å². The molecular weight excluding hydrogens is 208 g/mol. The molecule has 0 spiro atoms. The van der Waals surface area contributed by atoms with Crippen molar-refractivity contribution < 1.29 is 14.7 Å². The van der Waals surface area contributed by atoms with Gasteiger partial charge in [0.15, 0.2) is 0 Å². The number of nitrogens with one attached hydrogen (secondary N) is 2. The highest BCUT2D eigenvalue weighted by molar-refractivity contribution is 5.83. The lowest BCUT2D eigenvalue weighted by Gasteiger charge is -2.39. The minimum absolute atomic E-state index is 0.127. The highest BCUT2D eigenvalue weighted by atomic mass is 16.4. The van der Waals surface area contributed by atoms with Gasteiger partial charge in [-0.3, -0.25) is 0 Å². The quantitative estimate of drug-likeness (QED) is 0.679. The van der Waals surface area contributed by atoms with Gasteiger partial charge in [0.2, 0.25) is 0 Å². The van der Waals surface area contributed by atoms with Crippen LogP contribution in [0.1, 0.15) is 40.0 Å². The molecule has 1 aliphatic rings. The summed E-state index contributed by atoms with van der Waals surface area (Å²) in [6.07, 6.45) is 3.03. The molecular formula is C11H20N2O3. The van der Waals surface area contributed by atoms with Crippen LogP contribution in [-0.2, 0) is 4.79 Å². The van der Waals surface area contributed by atoms with Gasteiger partial charge in [-0.05, 0) is 32.1 Å². The van der Waals surface area contributed by atoms with Gasteiger partial charge < -0.3 is 15.7 Å². The van der Waals surface area contributed by atoms with Gasteiger partial charge in [0.1, 0.15) is 6.04 Å². The van der Waals surface area contributed by atoms with Crippen molar-refractivity contribution in [1.82, 2.24) is 10.6 Å². The average Bonchev–Trinajstić information content (AvgIpc) is 2.10. The second-order valence-electron chi connectivity index (χ2n) is 5.07. The van der Waals surface area contributed by atoms with Crippen LogP contribution in [0.4, 0.5) is 4.79 Å². The fourth-order valence-corrected chi connectivity index (χ4v) is 1.80. The molecule has 1 rings (SSSR count). The number of amides is 2. The Labute approximate surface area is 95.6 Å². The maximum Gasteiger partial charge on any atom is 0.326 e. The van der Waals surface area contributed by atoms with Crippen molar-refractivity contribution >= 4 is 12.0 Å². The lowest BCUT2D eigenvalue weighted by molar-refractivity contribution is -0.140. The third kappa shape index (κ3) is 3.12. The minimum Gasteiger partial charge on any atom is -0.480 e. The molecule has 0 saturated heterocycles. The molecule has 1 atom stereocenters. The van der Waals surface area contributed by atoms with E-state index in [0.717, 1.165) is 19.3 Å². The molecule has 0 radical (unpaired) electrons. The van der Waals surface area contributed by atoms with Crippen LogP contribution < -0.4 is 10.6 Å². The second-order valence-corrected chi connectivity index (χ2v) is 5.07. The molecule has 5 nitrogen and oxygen atoms in total. The lowest BCUT2D eigenvalue weighted by Crippen LogP contribution is -2.57. The first-order valence-electron chi connectivity index (χ1n) is 5.65. The standard InChI is InChI=1S/C11H20N2O3/c1-7(2)8(9(14)15)12-10(16)13-11(3)5-4-6-11/h7-8H,4-6H2,1-3H3,(H,14,15)(H2,12,13,16). The first kappa shape index (κ1) is 12.8.